The zero-order chi connectivity index (χ0) is 18.0. The summed E-state index contributed by atoms with van der Waals surface area (Å²) in [6.45, 7) is 14.1. The molecule has 0 heterocycles. The molecule has 6 heteroatoms. The van der Waals surface area contributed by atoms with E-state index in [9.17, 15) is 4.79 Å². The topological polar surface area (TPSA) is 68.8 Å². The number of nitrogens with zero attached hydrogens (tertiary/aromatic N) is 2. The quantitative estimate of drug-likeness (QED) is 0.466. The Bertz CT molecular complexity index is 372. The van der Waals surface area contributed by atoms with Crippen molar-refractivity contribution in [1.82, 2.24) is 20.9 Å². The molecule has 0 bridgehead atoms. The third kappa shape index (κ3) is 11.9. The summed E-state index contributed by atoms with van der Waals surface area (Å²) >= 11 is 0. The van der Waals surface area contributed by atoms with Crippen LogP contribution in [0.4, 0.5) is 0 Å². The number of guanidine groups is 1. The van der Waals surface area contributed by atoms with E-state index in [0.29, 0.717) is 17.9 Å². The van der Waals surface area contributed by atoms with Gasteiger partial charge in [-0.1, -0.05) is 13.8 Å². The Hall–Kier alpha value is -1.30. The van der Waals surface area contributed by atoms with Crippen LogP contribution in [0.15, 0.2) is 4.99 Å². The molecule has 0 spiro atoms. The molecule has 0 aromatic heterocycles. The van der Waals surface area contributed by atoms with Gasteiger partial charge in [-0.25, -0.2) is 4.99 Å². The molecule has 0 aromatic carbocycles. The standard InChI is InChI=1S/C17H37N5O/c1-9-18-16(20-12-15(23)21-17(4,5)6)19-11-14(22(7)8)10-13(2)3/h13-14H,9-12H2,1-8H3,(H,21,23)(H2,18,19,20). The van der Waals surface area contributed by atoms with Crippen molar-refractivity contribution in [3.8, 4) is 0 Å². The average Bonchev–Trinajstić information content (AvgIpc) is 2.37. The van der Waals surface area contributed by atoms with Crippen molar-refractivity contribution in [2.75, 3.05) is 33.7 Å². The molecule has 1 atom stereocenters. The molecule has 0 rings (SSSR count). The molecule has 0 radical (unpaired) electrons. The number of carbonyl (C=O) groups excluding carboxylic acids is 1. The van der Waals surface area contributed by atoms with Crippen LogP contribution >= 0.6 is 0 Å². The van der Waals surface area contributed by atoms with Crippen LogP contribution in [0.3, 0.4) is 0 Å². The highest BCUT2D eigenvalue weighted by Gasteiger charge is 2.15. The van der Waals surface area contributed by atoms with Crippen molar-refractivity contribution in [3.05, 3.63) is 0 Å². The summed E-state index contributed by atoms with van der Waals surface area (Å²) < 4.78 is 0. The minimum absolute atomic E-state index is 0.0685. The van der Waals surface area contributed by atoms with Gasteiger partial charge in [0.05, 0.1) is 0 Å². The lowest BCUT2D eigenvalue weighted by Crippen LogP contribution is -2.46. The Kier molecular flexibility index (Phi) is 9.88. The van der Waals surface area contributed by atoms with E-state index in [1.54, 1.807) is 0 Å². The molecule has 1 unspecified atom stereocenters. The van der Waals surface area contributed by atoms with Crippen LogP contribution in [0.25, 0.3) is 0 Å². The molecule has 23 heavy (non-hydrogen) atoms. The third-order valence-electron chi connectivity index (χ3n) is 3.22. The molecule has 0 aliphatic rings. The number of hydrogen-bond acceptors (Lipinski definition) is 3. The zero-order valence-electron chi connectivity index (χ0n) is 16.3. The number of rotatable bonds is 8. The molecule has 0 saturated carbocycles. The van der Waals surface area contributed by atoms with Gasteiger partial charge in [0.25, 0.3) is 0 Å². The molecule has 0 saturated heterocycles. The summed E-state index contributed by atoms with van der Waals surface area (Å²) in [7, 11) is 4.19. The molecular formula is C17H37N5O. The van der Waals surface area contributed by atoms with E-state index in [1.165, 1.54) is 0 Å². The minimum Gasteiger partial charge on any atom is -0.357 e. The van der Waals surface area contributed by atoms with Gasteiger partial charge >= 0.3 is 0 Å². The first-order valence-electron chi connectivity index (χ1n) is 8.54. The molecule has 136 valence electrons. The normalized spacial score (nSPS) is 14.1. The highest BCUT2D eigenvalue weighted by Crippen LogP contribution is 2.08. The second-order valence-corrected chi connectivity index (χ2v) is 7.62. The van der Waals surface area contributed by atoms with Crippen molar-refractivity contribution < 1.29 is 4.79 Å². The maximum atomic E-state index is 11.9. The predicted octanol–water partition coefficient (Wildman–Crippen LogP) is 1.43. The number of carbonyl (C=O) groups is 1. The number of likely N-dealkylation sites (N-methyl/N-ethyl adjacent to an activating group) is 1. The van der Waals surface area contributed by atoms with Crippen LogP contribution in [0.5, 0.6) is 0 Å². The molecule has 0 aliphatic heterocycles. The summed E-state index contributed by atoms with van der Waals surface area (Å²) in [6, 6.07) is 0.433. The number of aliphatic imine (C=N–C) groups is 1. The molecule has 6 nitrogen and oxygen atoms in total. The van der Waals surface area contributed by atoms with Crippen LogP contribution in [-0.2, 0) is 4.79 Å². The molecular weight excluding hydrogens is 290 g/mol. The van der Waals surface area contributed by atoms with E-state index in [1.807, 2.05) is 27.7 Å². The Labute approximate surface area is 142 Å². The fourth-order valence-corrected chi connectivity index (χ4v) is 2.19. The van der Waals surface area contributed by atoms with Gasteiger partial charge in [0.15, 0.2) is 5.96 Å². The zero-order valence-corrected chi connectivity index (χ0v) is 16.3. The van der Waals surface area contributed by atoms with Crippen molar-refractivity contribution >= 4 is 11.9 Å². The molecule has 0 aliphatic carbocycles. The molecule has 3 N–H and O–H groups in total. The van der Waals surface area contributed by atoms with Crippen molar-refractivity contribution in [2.24, 2.45) is 10.9 Å². The van der Waals surface area contributed by atoms with Crippen LogP contribution in [-0.4, -0.2) is 62.1 Å². The van der Waals surface area contributed by atoms with E-state index >= 15 is 0 Å². The summed E-state index contributed by atoms with van der Waals surface area (Å²) in [4.78, 5) is 18.5. The summed E-state index contributed by atoms with van der Waals surface area (Å²) in [5.41, 5.74) is -0.230. The fourth-order valence-electron chi connectivity index (χ4n) is 2.19. The second kappa shape index (κ2) is 10.5. The summed E-state index contributed by atoms with van der Waals surface area (Å²) in [6.07, 6.45) is 1.11. The van der Waals surface area contributed by atoms with E-state index in [0.717, 1.165) is 19.5 Å². The monoisotopic (exact) mass is 327 g/mol. The maximum absolute atomic E-state index is 11.9. The Morgan fingerprint density at radius 1 is 1.17 bits per heavy atom. The molecule has 1 amide bonds. The van der Waals surface area contributed by atoms with E-state index in [2.05, 4.69) is 53.8 Å². The van der Waals surface area contributed by atoms with Crippen LogP contribution in [0.1, 0.15) is 48.0 Å². The smallest absolute Gasteiger partial charge is 0.242 e. The maximum Gasteiger partial charge on any atom is 0.242 e. The highest BCUT2D eigenvalue weighted by molar-refractivity contribution is 5.85. The van der Waals surface area contributed by atoms with Gasteiger partial charge in [-0.3, -0.25) is 4.79 Å². The van der Waals surface area contributed by atoms with Gasteiger partial charge in [-0.05, 0) is 54.1 Å². The van der Waals surface area contributed by atoms with E-state index < -0.39 is 0 Å². The number of hydrogen-bond donors (Lipinski definition) is 3. The Morgan fingerprint density at radius 2 is 1.78 bits per heavy atom. The fraction of sp³-hybridized carbons (Fsp3) is 0.882. The Morgan fingerprint density at radius 3 is 2.22 bits per heavy atom. The third-order valence-corrected chi connectivity index (χ3v) is 3.22. The lowest BCUT2D eigenvalue weighted by molar-refractivity contribution is -0.121. The lowest BCUT2D eigenvalue weighted by atomic mass is 10.0. The van der Waals surface area contributed by atoms with E-state index in [-0.39, 0.29) is 18.0 Å². The van der Waals surface area contributed by atoms with Gasteiger partial charge in [-0.2, -0.15) is 0 Å². The van der Waals surface area contributed by atoms with Crippen molar-refractivity contribution in [3.63, 3.8) is 0 Å². The van der Waals surface area contributed by atoms with Gasteiger partial charge in [0.1, 0.15) is 6.54 Å². The first kappa shape index (κ1) is 21.7. The van der Waals surface area contributed by atoms with Gasteiger partial charge < -0.3 is 20.9 Å². The van der Waals surface area contributed by atoms with Crippen LogP contribution < -0.4 is 16.0 Å². The Balaban J connectivity index is 4.59. The molecule has 0 aromatic rings. The summed E-state index contributed by atoms with van der Waals surface area (Å²) in [5.74, 6) is 1.26. The first-order chi connectivity index (χ1) is 10.5. The minimum atomic E-state index is -0.230. The SMILES string of the molecule is CCNC(=NCC(=O)NC(C)(C)C)NCC(CC(C)C)N(C)C. The van der Waals surface area contributed by atoms with Crippen LogP contribution in [0.2, 0.25) is 0 Å². The van der Waals surface area contributed by atoms with E-state index in [4.69, 9.17) is 0 Å². The average molecular weight is 328 g/mol. The lowest BCUT2D eigenvalue weighted by Gasteiger charge is -2.27. The van der Waals surface area contributed by atoms with Crippen molar-refractivity contribution in [2.45, 2.75) is 59.5 Å². The summed E-state index contributed by atoms with van der Waals surface area (Å²) in [5, 5.41) is 9.45. The largest absolute Gasteiger partial charge is 0.357 e. The van der Waals surface area contributed by atoms with Gasteiger partial charge in [-0.15, -0.1) is 0 Å². The number of nitrogens with one attached hydrogen (secondary N) is 3. The van der Waals surface area contributed by atoms with Gasteiger partial charge in [0, 0.05) is 24.7 Å². The van der Waals surface area contributed by atoms with Crippen molar-refractivity contribution in [1.29, 1.82) is 0 Å². The second-order valence-electron chi connectivity index (χ2n) is 7.62. The molecule has 0 fully saturated rings. The number of amides is 1. The van der Waals surface area contributed by atoms with Crippen LogP contribution in [0, 0.1) is 5.92 Å². The first-order valence-corrected chi connectivity index (χ1v) is 8.54. The van der Waals surface area contributed by atoms with Gasteiger partial charge in [0.2, 0.25) is 5.91 Å². The predicted molar refractivity (Wildman–Crippen MR) is 98.8 cm³/mol. The highest BCUT2D eigenvalue weighted by atomic mass is 16.2.